The van der Waals surface area contributed by atoms with Crippen LogP contribution in [0.3, 0.4) is 0 Å². The zero-order valence-electron chi connectivity index (χ0n) is 18.6. The van der Waals surface area contributed by atoms with Gasteiger partial charge in [-0.2, -0.15) is 5.10 Å². The normalized spacial score (nSPS) is 13.7. The van der Waals surface area contributed by atoms with E-state index < -0.39 is 17.7 Å². The number of carbonyl (C=O) groups excluding carboxylic acids is 1. The molecule has 0 spiro atoms. The van der Waals surface area contributed by atoms with Gasteiger partial charge in [0.1, 0.15) is 11.5 Å². The fraction of sp³-hybridized carbons (Fsp3) is 0.167. The van der Waals surface area contributed by atoms with Gasteiger partial charge >= 0.3 is 6.03 Å². The van der Waals surface area contributed by atoms with Gasteiger partial charge in [0.15, 0.2) is 5.82 Å². The van der Waals surface area contributed by atoms with E-state index in [-0.39, 0.29) is 28.8 Å². The van der Waals surface area contributed by atoms with Crippen LogP contribution in [-0.4, -0.2) is 38.9 Å². The first kappa shape index (κ1) is 22.7. The van der Waals surface area contributed by atoms with Crippen LogP contribution in [-0.2, 0) is 6.54 Å². The van der Waals surface area contributed by atoms with E-state index in [1.54, 1.807) is 35.1 Å². The maximum absolute atomic E-state index is 15.9. The molecule has 35 heavy (non-hydrogen) atoms. The minimum absolute atomic E-state index is 0.0809. The van der Waals surface area contributed by atoms with Gasteiger partial charge in [-0.15, -0.1) is 0 Å². The van der Waals surface area contributed by atoms with Crippen LogP contribution in [0.25, 0.3) is 22.5 Å². The summed E-state index contributed by atoms with van der Waals surface area (Å²) < 4.78 is 31.2. The fourth-order valence-electron chi connectivity index (χ4n) is 4.06. The fourth-order valence-corrected chi connectivity index (χ4v) is 4.24. The van der Waals surface area contributed by atoms with Crippen molar-refractivity contribution in [2.75, 3.05) is 28.6 Å². The molecule has 4 aromatic rings. The minimum atomic E-state index is -0.577. The van der Waals surface area contributed by atoms with Gasteiger partial charge in [0.2, 0.25) is 5.95 Å². The molecular formula is C24H20ClF2N7O. The Morgan fingerprint density at radius 2 is 1.89 bits per heavy atom. The highest BCUT2D eigenvalue weighted by Crippen LogP contribution is 2.37. The first-order valence-corrected chi connectivity index (χ1v) is 11.2. The summed E-state index contributed by atoms with van der Waals surface area (Å²) in [5.41, 5.74) is 8.00. The number of nitrogens with two attached hydrogens (primary N) is 1. The molecule has 0 aliphatic carbocycles. The number of nitrogens with zero attached hydrogens (tertiary/aromatic N) is 6. The van der Waals surface area contributed by atoms with Crippen molar-refractivity contribution in [3.63, 3.8) is 0 Å². The predicted molar refractivity (Wildman–Crippen MR) is 130 cm³/mol. The Morgan fingerprint density at radius 3 is 2.63 bits per heavy atom. The number of rotatable bonds is 5. The van der Waals surface area contributed by atoms with E-state index in [4.69, 9.17) is 17.3 Å². The molecule has 2 aromatic carbocycles. The second-order valence-electron chi connectivity index (χ2n) is 7.87. The lowest BCUT2D eigenvalue weighted by molar-refractivity contribution is 0.255. The molecule has 1 saturated heterocycles. The number of hydrogen-bond acceptors (Lipinski definition) is 5. The van der Waals surface area contributed by atoms with Crippen molar-refractivity contribution in [3.05, 3.63) is 71.5 Å². The third-order valence-electron chi connectivity index (χ3n) is 5.79. The van der Waals surface area contributed by atoms with Crippen molar-refractivity contribution < 1.29 is 13.6 Å². The molecule has 0 saturated carbocycles. The molecule has 1 fully saturated rings. The average Bonchev–Trinajstić information content (AvgIpc) is 3.45. The molecular weight excluding hydrogens is 476 g/mol. The quantitative estimate of drug-likeness (QED) is 0.421. The molecule has 0 unspecified atom stereocenters. The SMILES string of the molecule is CCn1cc(-c2cccc(N3CCN(c4ccc(F)c(Cl)c4)C3=O)c2F)c(-c2ccnc(N)n2)n1. The summed E-state index contributed by atoms with van der Waals surface area (Å²) >= 11 is 5.88. The highest BCUT2D eigenvalue weighted by atomic mass is 35.5. The third-order valence-corrected chi connectivity index (χ3v) is 6.08. The lowest BCUT2D eigenvalue weighted by Crippen LogP contribution is -2.32. The van der Waals surface area contributed by atoms with E-state index in [2.05, 4.69) is 15.1 Å². The van der Waals surface area contributed by atoms with Gasteiger partial charge in [-0.1, -0.05) is 23.7 Å². The molecule has 2 aromatic heterocycles. The maximum atomic E-state index is 15.9. The topological polar surface area (TPSA) is 93.2 Å². The number of urea groups is 1. The highest BCUT2D eigenvalue weighted by molar-refractivity contribution is 6.31. The molecule has 2 amide bonds. The van der Waals surface area contributed by atoms with Crippen LogP contribution >= 0.6 is 11.6 Å². The summed E-state index contributed by atoms with van der Waals surface area (Å²) in [6.45, 7) is 3.02. The molecule has 178 valence electrons. The van der Waals surface area contributed by atoms with E-state index in [0.717, 1.165) is 0 Å². The number of carbonyl (C=O) groups is 1. The van der Waals surface area contributed by atoms with E-state index in [1.807, 2.05) is 6.92 Å². The summed E-state index contributed by atoms with van der Waals surface area (Å²) in [5.74, 6) is -1.07. The van der Waals surface area contributed by atoms with E-state index >= 15 is 4.39 Å². The number of amides is 2. The Balaban J connectivity index is 1.54. The summed E-state index contributed by atoms with van der Waals surface area (Å²) in [6.07, 6.45) is 3.24. The van der Waals surface area contributed by atoms with Gasteiger partial charge in [-0.25, -0.2) is 23.5 Å². The van der Waals surface area contributed by atoms with Gasteiger partial charge in [0, 0.05) is 48.8 Å². The molecule has 2 N–H and O–H groups in total. The maximum Gasteiger partial charge on any atom is 0.329 e. The van der Waals surface area contributed by atoms with Crippen molar-refractivity contribution in [2.24, 2.45) is 0 Å². The summed E-state index contributed by atoms with van der Waals surface area (Å²) in [6, 6.07) is 10.1. The molecule has 5 rings (SSSR count). The van der Waals surface area contributed by atoms with Crippen LogP contribution in [0.4, 0.5) is 30.9 Å². The first-order chi connectivity index (χ1) is 16.9. The number of hydrogen-bond donors (Lipinski definition) is 1. The van der Waals surface area contributed by atoms with Crippen LogP contribution in [0.15, 0.2) is 54.9 Å². The van der Waals surface area contributed by atoms with Gasteiger partial charge in [0.25, 0.3) is 0 Å². The zero-order chi connectivity index (χ0) is 24.7. The van der Waals surface area contributed by atoms with E-state index in [0.29, 0.717) is 35.7 Å². The van der Waals surface area contributed by atoms with Gasteiger partial charge in [-0.05, 0) is 37.3 Å². The van der Waals surface area contributed by atoms with Crippen molar-refractivity contribution in [1.29, 1.82) is 0 Å². The molecule has 8 nitrogen and oxygen atoms in total. The molecule has 1 aliphatic rings. The number of aromatic nitrogens is 4. The minimum Gasteiger partial charge on any atom is -0.368 e. The zero-order valence-corrected chi connectivity index (χ0v) is 19.4. The molecule has 0 bridgehead atoms. The van der Waals surface area contributed by atoms with Crippen molar-refractivity contribution in [2.45, 2.75) is 13.5 Å². The molecule has 1 aliphatic heterocycles. The number of benzene rings is 2. The Hall–Kier alpha value is -4.05. The molecule has 0 atom stereocenters. The van der Waals surface area contributed by atoms with E-state index in [9.17, 15) is 9.18 Å². The number of nitrogen functional groups attached to an aromatic ring is 1. The second-order valence-corrected chi connectivity index (χ2v) is 8.28. The largest absolute Gasteiger partial charge is 0.368 e. The molecule has 0 radical (unpaired) electrons. The lowest BCUT2D eigenvalue weighted by Gasteiger charge is -2.20. The Kier molecular flexibility index (Phi) is 5.81. The number of anilines is 3. The van der Waals surface area contributed by atoms with Crippen molar-refractivity contribution in [1.82, 2.24) is 19.7 Å². The Labute approximate surface area is 204 Å². The Bertz CT molecular complexity index is 1440. The first-order valence-electron chi connectivity index (χ1n) is 10.9. The van der Waals surface area contributed by atoms with Gasteiger partial charge < -0.3 is 5.73 Å². The lowest BCUT2D eigenvalue weighted by atomic mass is 10.0. The number of aryl methyl sites for hydroxylation is 1. The van der Waals surface area contributed by atoms with Crippen LogP contribution < -0.4 is 15.5 Å². The van der Waals surface area contributed by atoms with Crippen LogP contribution in [0, 0.1) is 11.6 Å². The summed E-state index contributed by atoms with van der Waals surface area (Å²) in [5, 5.41) is 4.45. The third kappa shape index (κ3) is 4.06. The highest BCUT2D eigenvalue weighted by Gasteiger charge is 2.33. The van der Waals surface area contributed by atoms with Crippen LogP contribution in [0.2, 0.25) is 5.02 Å². The summed E-state index contributed by atoms with van der Waals surface area (Å²) in [4.78, 5) is 24.1. The number of halogens is 3. The second kappa shape index (κ2) is 8.95. The average molecular weight is 496 g/mol. The van der Waals surface area contributed by atoms with Crippen molar-refractivity contribution in [3.8, 4) is 22.5 Å². The monoisotopic (exact) mass is 495 g/mol. The van der Waals surface area contributed by atoms with Crippen LogP contribution in [0.5, 0.6) is 0 Å². The standard InChI is InChI=1S/C24H20ClF2N7O/c1-2-32-13-16(22(31-32)19-8-9-29-23(28)30-19)15-4-3-5-20(21(15)27)34-11-10-33(24(34)35)14-6-7-18(26)17(25)12-14/h3-9,12-13H,2,10-11H2,1H3,(H2,28,29,30). The van der Waals surface area contributed by atoms with Crippen molar-refractivity contribution >= 4 is 35.0 Å². The summed E-state index contributed by atoms with van der Waals surface area (Å²) in [7, 11) is 0. The molecule has 11 heteroatoms. The molecule has 3 heterocycles. The van der Waals surface area contributed by atoms with Gasteiger partial charge in [-0.3, -0.25) is 14.5 Å². The van der Waals surface area contributed by atoms with Crippen LogP contribution in [0.1, 0.15) is 6.92 Å². The van der Waals surface area contributed by atoms with Gasteiger partial charge in [0.05, 0.1) is 16.4 Å². The Morgan fingerprint density at radius 1 is 1.09 bits per heavy atom. The predicted octanol–water partition coefficient (Wildman–Crippen LogP) is 4.99. The van der Waals surface area contributed by atoms with E-state index in [1.165, 1.54) is 34.2 Å². The smallest absolute Gasteiger partial charge is 0.329 e.